The van der Waals surface area contributed by atoms with Crippen LogP contribution in [0.5, 0.6) is 5.75 Å². The maximum atomic E-state index is 10.4. The van der Waals surface area contributed by atoms with E-state index in [1.165, 1.54) is 0 Å². The highest BCUT2D eigenvalue weighted by molar-refractivity contribution is 5.75. The van der Waals surface area contributed by atoms with Crippen LogP contribution in [0.4, 0.5) is 0 Å². The first-order valence-corrected chi connectivity index (χ1v) is 5.42. The van der Waals surface area contributed by atoms with Crippen molar-refractivity contribution in [2.75, 3.05) is 19.7 Å². The molecule has 0 aliphatic carbocycles. The monoisotopic (exact) mass is 249 g/mol. The number of amides is 1. The molecule has 4 N–H and O–H groups in total. The Morgan fingerprint density at radius 1 is 1.61 bits per heavy atom. The number of aliphatic hydroxyl groups is 1. The van der Waals surface area contributed by atoms with Gasteiger partial charge in [-0.2, -0.15) is 5.26 Å². The van der Waals surface area contributed by atoms with Gasteiger partial charge in [-0.25, -0.2) is 0 Å². The van der Waals surface area contributed by atoms with Crippen LogP contribution >= 0.6 is 0 Å². The zero-order valence-electron chi connectivity index (χ0n) is 9.80. The Labute approximate surface area is 105 Å². The van der Waals surface area contributed by atoms with Gasteiger partial charge in [0.05, 0.1) is 18.2 Å². The summed E-state index contributed by atoms with van der Waals surface area (Å²) in [5.74, 6) is 0.0350. The molecule has 0 saturated carbocycles. The largest absolute Gasteiger partial charge is 0.491 e. The number of nitriles is 1. The number of primary amides is 1. The van der Waals surface area contributed by atoms with Gasteiger partial charge in [0.1, 0.15) is 18.5 Å². The molecule has 1 aromatic rings. The zero-order valence-corrected chi connectivity index (χ0v) is 9.80. The minimum atomic E-state index is -0.755. The van der Waals surface area contributed by atoms with Gasteiger partial charge in [0.25, 0.3) is 0 Å². The first-order valence-electron chi connectivity index (χ1n) is 5.42. The number of nitrogens with two attached hydrogens (primary N) is 1. The highest BCUT2D eigenvalue weighted by atomic mass is 16.5. The summed E-state index contributed by atoms with van der Waals surface area (Å²) in [7, 11) is 0. The molecule has 0 saturated heterocycles. The number of nitrogens with one attached hydrogen (secondary N) is 1. The van der Waals surface area contributed by atoms with Crippen LogP contribution in [0.3, 0.4) is 0 Å². The molecule has 0 spiro atoms. The number of aliphatic hydroxyl groups excluding tert-OH is 1. The van der Waals surface area contributed by atoms with Crippen molar-refractivity contribution < 1.29 is 14.6 Å². The molecule has 0 radical (unpaired) electrons. The predicted molar refractivity (Wildman–Crippen MR) is 64.7 cm³/mol. The Bertz CT molecular complexity index is 442. The summed E-state index contributed by atoms with van der Waals surface area (Å²) in [6, 6.07) is 8.65. The number of carbonyl (C=O) groups is 1. The molecule has 0 aliphatic heterocycles. The summed E-state index contributed by atoms with van der Waals surface area (Å²) in [5, 5.41) is 20.9. The van der Waals surface area contributed by atoms with Gasteiger partial charge in [-0.3, -0.25) is 4.79 Å². The second-order valence-electron chi connectivity index (χ2n) is 3.70. The van der Waals surface area contributed by atoms with Crippen LogP contribution < -0.4 is 15.8 Å². The Kier molecular flexibility index (Phi) is 5.64. The molecular formula is C12H15N3O3. The maximum Gasteiger partial charge on any atom is 0.231 e. The topological polar surface area (TPSA) is 108 Å². The number of hydrogen-bond acceptors (Lipinski definition) is 5. The number of benzene rings is 1. The van der Waals surface area contributed by atoms with Crippen molar-refractivity contribution in [1.29, 1.82) is 5.26 Å². The second kappa shape index (κ2) is 7.27. The minimum absolute atomic E-state index is 0.0149. The molecule has 96 valence electrons. The van der Waals surface area contributed by atoms with Crippen LogP contribution in [0.1, 0.15) is 5.56 Å². The molecule has 1 unspecified atom stereocenters. The fraction of sp³-hybridized carbons (Fsp3) is 0.333. The molecule has 1 aromatic carbocycles. The summed E-state index contributed by atoms with van der Waals surface area (Å²) < 4.78 is 5.31. The van der Waals surface area contributed by atoms with Crippen LogP contribution in [0, 0.1) is 11.3 Å². The molecule has 0 bridgehead atoms. The highest BCUT2D eigenvalue weighted by Crippen LogP contribution is 2.12. The lowest BCUT2D eigenvalue weighted by atomic mass is 10.2. The van der Waals surface area contributed by atoms with Crippen molar-refractivity contribution in [2.24, 2.45) is 5.73 Å². The van der Waals surface area contributed by atoms with Crippen molar-refractivity contribution in [3.63, 3.8) is 0 Å². The number of carbonyl (C=O) groups excluding carboxylic acids is 1. The Balaban J connectivity index is 2.31. The van der Waals surface area contributed by atoms with Gasteiger partial charge in [-0.15, -0.1) is 0 Å². The minimum Gasteiger partial charge on any atom is -0.491 e. The zero-order chi connectivity index (χ0) is 13.4. The number of ether oxygens (including phenoxy) is 1. The Morgan fingerprint density at radius 2 is 2.39 bits per heavy atom. The van der Waals surface area contributed by atoms with Crippen LogP contribution in [-0.2, 0) is 4.79 Å². The van der Waals surface area contributed by atoms with E-state index in [1.807, 2.05) is 6.07 Å². The number of hydrogen-bond donors (Lipinski definition) is 3. The fourth-order valence-corrected chi connectivity index (χ4v) is 1.27. The molecular weight excluding hydrogens is 234 g/mol. The summed E-state index contributed by atoms with van der Waals surface area (Å²) in [5.41, 5.74) is 5.43. The standard InChI is InChI=1S/C12H15N3O3/c13-5-9-2-1-3-11(4-9)18-8-10(16)6-15-7-12(14)17/h1-4,10,15-16H,6-8H2,(H2,14,17). The van der Waals surface area contributed by atoms with E-state index in [0.717, 1.165) is 0 Å². The van der Waals surface area contributed by atoms with Crippen LogP contribution in [-0.4, -0.2) is 36.8 Å². The average molecular weight is 249 g/mol. The molecule has 0 heterocycles. The van der Waals surface area contributed by atoms with E-state index in [4.69, 9.17) is 15.7 Å². The van der Waals surface area contributed by atoms with E-state index < -0.39 is 12.0 Å². The smallest absolute Gasteiger partial charge is 0.231 e. The first kappa shape index (κ1) is 14.0. The average Bonchev–Trinajstić information content (AvgIpc) is 2.36. The molecule has 1 amide bonds. The highest BCUT2D eigenvalue weighted by Gasteiger charge is 2.06. The van der Waals surface area contributed by atoms with E-state index in [9.17, 15) is 9.90 Å². The van der Waals surface area contributed by atoms with Gasteiger partial charge in [0, 0.05) is 6.54 Å². The predicted octanol–water partition coefficient (Wildman–Crippen LogP) is -0.627. The van der Waals surface area contributed by atoms with E-state index >= 15 is 0 Å². The van der Waals surface area contributed by atoms with E-state index in [1.54, 1.807) is 24.3 Å². The first-order chi connectivity index (χ1) is 8.61. The molecule has 0 fully saturated rings. The van der Waals surface area contributed by atoms with Crippen LogP contribution in [0.25, 0.3) is 0 Å². The number of nitrogens with zero attached hydrogens (tertiary/aromatic N) is 1. The normalized spacial score (nSPS) is 11.6. The third kappa shape index (κ3) is 5.30. The fourth-order valence-electron chi connectivity index (χ4n) is 1.27. The van der Waals surface area contributed by atoms with Gasteiger partial charge in [0.2, 0.25) is 5.91 Å². The second-order valence-corrected chi connectivity index (χ2v) is 3.70. The summed E-state index contributed by atoms with van der Waals surface area (Å²) in [6.07, 6.45) is -0.755. The van der Waals surface area contributed by atoms with Crippen molar-refractivity contribution in [3.8, 4) is 11.8 Å². The van der Waals surface area contributed by atoms with E-state index in [0.29, 0.717) is 11.3 Å². The molecule has 6 heteroatoms. The quantitative estimate of drug-likeness (QED) is 0.596. The van der Waals surface area contributed by atoms with Gasteiger partial charge in [-0.05, 0) is 18.2 Å². The van der Waals surface area contributed by atoms with Crippen molar-refractivity contribution in [3.05, 3.63) is 29.8 Å². The van der Waals surface area contributed by atoms with Crippen molar-refractivity contribution in [2.45, 2.75) is 6.10 Å². The lowest BCUT2D eigenvalue weighted by molar-refractivity contribution is -0.117. The SMILES string of the molecule is N#Cc1cccc(OCC(O)CNCC(N)=O)c1. The number of rotatable bonds is 7. The lowest BCUT2D eigenvalue weighted by Crippen LogP contribution is -2.36. The Morgan fingerprint density at radius 3 is 3.06 bits per heavy atom. The van der Waals surface area contributed by atoms with Crippen LogP contribution in [0.2, 0.25) is 0 Å². The molecule has 0 aliphatic rings. The van der Waals surface area contributed by atoms with Gasteiger partial charge in [0.15, 0.2) is 0 Å². The van der Waals surface area contributed by atoms with Gasteiger partial charge in [-0.1, -0.05) is 6.07 Å². The van der Waals surface area contributed by atoms with Crippen molar-refractivity contribution >= 4 is 5.91 Å². The van der Waals surface area contributed by atoms with Crippen LogP contribution in [0.15, 0.2) is 24.3 Å². The van der Waals surface area contributed by atoms with E-state index in [-0.39, 0.29) is 19.7 Å². The third-order valence-corrected chi connectivity index (χ3v) is 2.08. The maximum absolute atomic E-state index is 10.4. The molecule has 1 atom stereocenters. The summed E-state index contributed by atoms with van der Waals surface area (Å²) in [4.78, 5) is 10.4. The summed E-state index contributed by atoms with van der Waals surface area (Å²) >= 11 is 0. The molecule has 1 rings (SSSR count). The van der Waals surface area contributed by atoms with Crippen molar-refractivity contribution in [1.82, 2.24) is 5.32 Å². The van der Waals surface area contributed by atoms with Gasteiger partial charge < -0.3 is 20.9 Å². The Hall–Kier alpha value is -2.10. The third-order valence-electron chi connectivity index (χ3n) is 2.08. The molecule has 0 aromatic heterocycles. The van der Waals surface area contributed by atoms with E-state index in [2.05, 4.69) is 5.32 Å². The summed E-state index contributed by atoms with van der Waals surface area (Å²) in [6.45, 7) is 0.294. The molecule has 6 nitrogen and oxygen atoms in total. The van der Waals surface area contributed by atoms with Gasteiger partial charge >= 0.3 is 0 Å². The molecule has 18 heavy (non-hydrogen) atoms. The lowest BCUT2D eigenvalue weighted by Gasteiger charge is -2.12.